The minimum absolute atomic E-state index is 0.291. The average Bonchev–Trinajstić information content (AvgIpc) is 2.02. The molecule has 0 aliphatic rings. The Balaban J connectivity index is 4.08. The van der Waals surface area contributed by atoms with Gasteiger partial charge in [0.2, 0.25) is 5.91 Å². The van der Waals surface area contributed by atoms with Gasteiger partial charge in [-0.3, -0.25) is 4.79 Å². The summed E-state index contributed by atoms with van der Waals surface area (Å²) in [5.41, 5.74) is 0. The number of carboxylic acid groups (broad SMARTS) is 1. The maximum atomic E-state index is 10.8. The zero-order valence-electron chi connectivity index (χ0n) is 9.04. The third-order valence-corrected chi connectivity index (χ3v) is 2.10. The van der Waals surface area contributed by atoms with Crippen molar-refractivity contribution in [2.75, 3.05) is 0 Å². The van der Waals surface area contributed by atoms with E-state index in [1.165, 1.54) is 6.92 Å². The molecule has 0 bridgehead atoms. The van der Waals surface area contributed by atoms with Crippen molar-refractivity contribution >= 4 is 11.9 Å². The van der Waals surface area contributed by atoms with Gasteiger partial charge in [-0.05, 0) is 12.3 Å². The number of nitrogens with one attached hydrogen (secondary N) is 1. The minimum atomic E-state index is -0.955. The summed E-state index contributed by atoms with van der Waals surface area (Å²) in [5, 5.41) is 11.3. The molecule has 4 heteroatoms. The SMILES string of the molecule is CCCC(C)CC(NC(C)=O)C(=O)O. The number of carboxylic acids is 1. The highest BCUT2D eigenvalue weighted by atomic mass is 16.4. The summed E-state index contributed by atoms with van der Waals surface area (Å²) in [6.45, 7) is 5.40. The second-order valence-corrected chi connectivity index (χ2v) is 3.72. The topological polar surface area (TPSA) is 66.4 Å². The lowest BCUT2D eigenvalue weighted by Gasteiger charge is -2.17. The maximum Gasteiger partial charge on any atom is 0.326 e. The fourth-order valence-corrected chi connectivity index (χ4v) is 1.48. The fourth-order valence-electron chi connectivity index (χ4n) is 1.48. The summed E-state index contributed by atoms with van der Waals surface area (Å²) in [6.07, 6.45) is 2.53. The van der Waals surface area contributed by atoms with Crippen molar-refractivity contribution in [2.24, 2.45) is 5.92 Å². The summed E-state index contributed by atoms with van der Waals surface area (Å²) < 4.78 is 0. The van der Waals surface area contributed by atoms with Gasteiger partial charge in [-0.1, -0.05) is 26.7 Å². The first-order valence-corrected chi connectivity index (χ1v) is 4.97. The van der Waals surface area contributed by atoms with Gasteiger partial charge < -0.3 is 10.4 Å². The molecule has 0 saturated heterocycles. The third-order valence-electron chi connectivity index (χ3n) is 2.10. The molecule has 0 radical (unpaired) electrons. The molecule has 82 valence electrons. The molecule has 0 aliphatic carbocycles. The molecule has 0 rings (SSSR count). The van der Waals surface area contributed by atoms with Crippen LogP contribution in [0.15, 0.2) is 0 Å². The van der Waals surface area contributed by atoms with E-state index >= 15 is 0 Å². The molecule has 2 atom stereocenters. The molecular weight excluding hydrogens is 182 g/mol. The first kappa shape index (κ1) is 12.9. The molecule has 0 aromatic carbocycles. The van der Waals surface area contributed by atoms with Gasteiger partial charge in [-0.15, -0.1) is 0 Å². The molecule has 0 heterocycles. The van der Waals surface area contributed by atoms with Crippen LogP contribution in [0.3, 0.4) is 0 Å². The Kier molecular flexibility index (Phi) is 5.92. The first-order valence-electron chi connectivity index (χ1n) is 4.97. The smallest absolute Gasteiger partial charge is 0.326 e. The molecule has 0 aliphatic heterocycles. The monoisotopic (exact) mass is 201 g/mol. The molecule has 1 amide bonds. The van der Waals surface area contributed by atoms with Crippen LogP contribution in [0.25, 0.3) is 0 Å². The van der Waals surface area contributed by atoms with Gasteiger partial charge >= 0.3 is 5.97 Å². The van der Waals surface area contributed by atoms with Gasteiger partial charge in [0.25, 0.3) is 0 Å². The number of carbonyl (C=O) groups excluding carboxylic acids is 1. The Bertz CT molecular complexity index is 204. The normalized spacial score (nSPS) is 14.5. The quantitative estimate of drug-likeness (QED) is 0.682. The van der Waals surface area contributed by atoms with Crippen LogP contribution in [0.1, 0.15) is 40.0 Å². The van der Waals surface area contributed by atoms with Crippen molar-refractivity contribution in [2.45, 2.75) is 46.1 Å². The summed E-state index contributed by atoms with van der Waals surface area (Å²) >= 11 is 0. The predicted octanol–water partition coefficient (Wildman–Crippen LogP) is 1.40. The Labute approximate surface area is 84.7 Å². The van der Waals surface area contributed by atoms with Crippen molar-refractivity contribution in [3.05, 3.63) is 0 Å². The zero-order chi connectivity index (χ0) is 11.1. The number of carbonyl (C=O) groups is 2. The number of aliphatic carboxylic acids is 1. The number of hydrogen-bond donors (Lipinski definition) is 2. The molecule has 0 aromatic rings. The van der Waals surface area contributed by atoms with Crippen LogP contribution < -0.4 is 5.32 Å². The van der Waals surface area contributed by atoms with Crippen LogP contribution in [0.2, 0.25) is 0 Å². The van der Waals surface area contributed by atoms with Crippen LogP contribution >= 0.6 is 0 Å². The molecule has 2 unspecified atom stereocenters. The Morgan fingerprint density at radius 2 is 2.00 bits per heavy atom. The standard InChI is InChI=1S/C10H19NO3/c1-4-5-7(2)6-9(10(13)14)11-8(3)12/h7,9H,4-6H2,1-3H3,(H,11,12)(H,13,14). The summed E-state index contributed by atoms with van der Waals surface area (Å²) in [6, 6.07) is -0.742. The van der Waals surface area contributed by atoms with Crippen LogP contribution in [0.4, 0.5) is 0 Å². The Morgan fingerprint density at radius 1 is 1.43 bits per heavy atom. The summed E-state index contributed by atoms with van der Waals surface area (Å²) in [5.74, 6) is -0.919. The Morgan fingerprint density at radius 3 is 2.36 bits per heavy atom. The number of hydrogen-bond acceptors (Lipinski definition) is 2. The zero-order valence-corrected chi connectivity index (χ0v) is 9.04. The molecule has 14 heavy (non-hydrogen) atoms. The van der Waals surface area contributed by atoms with Crippen LogP contribution in [0, 0.1) is 5.92 Å². The van der Waals surface area contributed by atoms with Gasteiger partial charge in [0.05, 0.1) is 0 Å². The van der Waals surface area contributed by atoms with E-state index in [2.05, 4.69) is 12.2 Å². The summed E-state index contributed by atoms with van der Waals surface area (Å²) in [7, 11) is 0. The lowest BCUT2D eigenvalue weighted by atomic mass is 9.97. The molecule has 4 nitrogen and oxygen atoms in total. The second-order valence-electron chi connectivity index (χ2n) is 3.72. The van der Waals surface area contributed by atoms with Gasteiger partial charge in [0.1, 0.15) is 6.04 Å². The maximum absolute atomic E-state index is 10.8. The lowest BCUT2D eigenvalue weighted by molar-refractivity contribution is -0.142. The van der Waals surface area contributed by atoms with E-state index in [1.54, 1.807) is 0 Å². The van der Waals surface area contributed by atoms with E-state index in [0.717, 1.165) is 12.8 Å². The fraction of sp³-hybridized carbons (Fsp3) is 0.800. The van der Waals surface area contributed by atoms with Gasteiger partial charge in [-0.2, -0.15) is 0 Å². The van der Waals surface area contributed by atoms with Crippen molar-refractivity contribution < 1.29 is 14.7 Å². The largest absolute Gasteiger partial charge is 0.480 e. The van der Waals surface area contributed by atoms with Gasteiger partial charge in [0.15, 0.2) is 0 Å². The first-order chi connectivity index (χ1) is 6.47. The van der Waals surface area contributed by atoms with Gasteiger partial charge in [0, 0.05) is 6.92 Å². The van der Waals surface area contributed by atoms with Crippen molar-refractivity contribution in [1.29, 1.82) is 0 Å². The molecule has 0 saturated carbocycles. The highest BCUT2D eigenvalue weighted by Gasteiger charge is 2.20. The second kappa shape index (κ2) is 6.40. The lowest BCUT2D eigenvalue weighted by Crippen LogP contribution is -2.40. The summed E-state index contributed by atoms with van der Waals surface area (Å²) in [4.78, 5) is 21.5. The number of rotatable bonds is 6. The van der Waals surface area contributed by atoms with Crippen molar-refractivity contribution in [3.8, 4) is 0 Å². The van der Waals surface area contributed by atoms with Gasteiger partial charge in [-0.25, -0.2) is 4.79 Å². The predicted molar refractivity (Wildman–Crippen MR) is 53.9 cm³/mol. The number of amides is 1. The molecule has 0 fully saturated rings. The average molecular weight is 201 g/mol. The van der Waals surface area contributed by atoms with E-state index in [4.69, 9.17) is 5.11 Å². The van der Waals surface area contributed by atoms with Crippen LogP contribution in [-0.4, -0.2) is 23.0 Å². The van der Waals surface area contributed by atoms with E-state index < -0.39 is 12.0 Å². The van der Waals surface area contributed by atoms with E-state index in [-0.39, 0.29) is 5.91 Å². The molecular formula is C10H19NO3. The molecule has 0 aromatic heterocycles. The van der Waals surface area contributed by atoms with E-state index in [1.807, 2.05) is 6.92 Å². The highest BCUT2D eigenvalue weighted by Crippen LogP contribution is 2.12. The molecule has 2 N–H and O–H groups in total. The van der Waals surface area contributed by atoms with Crippen molar-refractivity contribution in [3.63, 3.8) is 0 Å². The van der Waals surface area contributed by atoms with E-state index in [0.29, 0.717) is 12.3 Å². The third kappa shape index (κ3) is 5.56. The van der Waals surface area contributed by atoms with Crippen LogP contribution in [-0.2, 0) is 9.59 Å². The minimum Gasteiger partial charge on any atom is -0.480 e. The molecule has 0 spiro atoms. The highest BCUT2D eigenvalue weighted by molar-refractivity contribution is 5.81. The van der Waals surface area contributed by atoms with E-state index in [9.17, 15) is 9.59 Å². The van der Waals surface area contributed by atoms with Crippen LogP contribution in [0.5, 0.6) is 0 Å². The van der Waals surface area contributed by atoms with Crippen molar-refractivity contribution in [1.82, 2.24) is 5.32 Å². The Hall–Kier alpha value is -1.06.